The zero-order valence-corrected chi connectivity index (χ0v) is 12.7. The molecule has 1 aliphatic carbocycles. The highest BCUT2D eigenvalue weighted by atomic mass is 16.6. The molecule has 22 heavy (non-hydrogen) atoms. The molecule has 0 radical (unpaired) electrons. The molecule has 1 saturated carbocycles. The van der Waals surface area contributed by atoms with Crippen LogP contribution in [-0.2, 0) is 11.3 Å². The zero-order chi connectivity index (χ0) is 14.9. The molecule has 0 aromatic heterocycles. The molecule has 0 bridgehead atoms. The van der Waals surface area contributed by atoms with Gasteiger partial charge in [-0.05, 0) is 30.5 Å². The lowest BCUT2D eigenvalue weighted by atomic mass is 9.84. The smallest absolute Gasteiger partial charge is 0.223 e. The molecule has 1 saturated heterocycles. The Kier molecular flexibility index (Phi) is 3.66. The predicted molar refractivity (Wildman–Crippen MR) is 82.0 cm³/mol. The Morgan fingerprint density at radius 3 is 2.68 bits per heavy atom. The molecular formula is C17H22N2O3. The molecule has 2 heterocycles. The lowest BCUT2D eigenvalue weighted by Crippen LogP contribution is -2.59. The molecule has 1 amide bonds. The second-order valence-electron chi connectivity index (χ2n) is 6.51. The van der Waals surface area contributed by atoms with Gasteiger partial charge < -0.3 is 14.8 Å². The number of likely N-dealkylation sites (tertiary alicyclic amines) is 1. The topological polar surface area (TPSA) is 50.8 Å². The Hall–Kier alpha value is -1.75. The fraction of sp³-hybridized carbons (Fsp3) is 0.588. The molecule has 0 atom stereocenters. The highest BCUT2D eigenvalue weighted by molar-refractivity contribution is 5.79. The van der Waals surface area contributed by atoms with Crippen LogP contribution in [0, 0.1) is 5.92 Å². The number of carbonyl (C=O) groups excluding carboxylic acids is 1. The van der Waals surface area contributed by atoms with E-state index < -0.39 is 0 Å². The predicted octanol–water partition coefficient (Wildman–Crippen LogP) is 1.56. The maximum atomic E-state index is 11.9. The second kappa shape index (κ2) is 5.80. The van der Waals surface area contributed by atoms with Crippen molar-refractivity contribution in [2.75, 3.05) is 26.3 Å². The van der Waals surface area contributed by atoms with E-state index in [2.05, 4.69) is 22.3 Å². The number of amides is 1. The van der Waals surface area contributed by atoms with Gasteiger partial charge in [0.1, 0.15) is 13.2 Å². The molecule has 5 nitrogen and oxygen atoms in total. The number of hydrogen-bond donors (Lipinski definition) is 1. The van der Waals surface area contributed by atoms with Crippen molar-refractivity contribution < 1.29 is 14.3 Å². The maximum absolute atomic E-state index is 11.9. The molecule has 1 aromatic carbocycles. The molecule has 2 fully saturated rings. The largest absolute Gasteiger partial charge is 0.486 e. The number of ether oxygens (including phenoxy) is 2. The SMILES string of the molecule is O=C(NC1CN(Cc2ccc3c(c2)OCCO3)C1)C1CCC1. The minimum absolute atomic E-state index is 0.259. The normalized spacial score (nSPS) is 21.8. The van der Waals surface area contributed by atoms with Crippen LogP contribution >= 0.6 is 0 Å². The Morgan fingerprint density at radius 1 is 1.18 bits per heavy atom. The second-order valence-corrected chi connectivity index (χ2v) is 6.51. The molecule has 2 aliphatic heterocycles. The summed E-state index contributed by atoms with van der Waals surface area (Å²) in [7, 11) is 0. The van der Waals surface area contributed by atoms with Gasteiger partial charge in [0.2, 0.25) is 5.91 Å². The van der Waals surface area contributed by atoms with Gasteiger partial charge in [0.15, 0.2) is 11.5 Å². The van der Waals surface area contributed by atoms with E-state index in [4.69, 9.17) is 9.47 Å². The first-order valence-electron chi connectivity index (χ1n) is 8.19. The van der Waals surface area contributed by atoms with Crippen molar-refractivity contribution in [1.29, 1.82) is 0 Å². The van der Waals surface area contributed by atoms with Crippen LogP contribution in [0.1, 0.15) is 24.8 Å². The fourth-order valence-electron chi connectivity index (χ4n) is 3.22. The third kappa shape index (κ3) is 2.77. The molecule has 1 aromatic rings. The summed E-state index contributed by atoms with van der Waals surface area (Å²) >= 11 is 0. The van der Waals surface area contributed by atoms with Crippen LogP contribution in [0.2, 0.25) is 0 Å². The number of benzene rings is 1. The van der Waals surface area contributed by atoms with Crippen molar-refractivity contribution in [3.05, 3.63) is 23.8 Å². The van der Waals surface area contributed by atoms with E-state index in [0.717, 1.165) is 44.0 Å². The van der Waals surface area contributed by atoms with Crippen molar-refractivity contribution in [3.63, 3.8) is 0 Å². The van der Waals surface area contributed by atoms with Gasteiger partial charge >= 0.3 is 0 Å². The number of nitrogens with one attached hydrogen (secondary N) is 1. The third-order valence-corrected chi connectivity index (χ3v) is 4.79. The van der Waals surface area contributed by atoms with Gasteiger partial charge in [-0.25, -0.2) is 0 Å². The number of carbonyl (C=O) groups is 1. The van der Waals surface area contributed by atoms with Crippen LogP contribution in [0.3, 0.4) is 0 Å². The average molecular weight is 302 g/mol. The molecule has 118 valence electrons. The molecule has 1 N–H and O–H groups in total. The Labute approximate surface area is 130 Å². The summed E-state index contributed by atoms with van der Waals surface area (Å²) in [4.78, 5) is 14.2. The lowest BCUT2D eigenvalue weighted by Gasteiger charge is -2.41. The van der Waals surface area contributed by atoms with E-state index in [0.29, 0.717) is 19.3 Å². The summed E-state index contributed by atoms with van der Waals surface area (Å²) in [5.74, 6) is 2.23. The molecule has 5 heteroatoms. The standard InChI is InChI=1S/C17H22N2O3/c20-17(13-2-1-3-13)18-14-10-19(11-14)9-12-4-5-15-16(8-12)22-7-6-21-15/h4-5,8,13-14H,1-3,6-7,9-11H2,(H,18,20). The van der Waals surface area contributed by atoms with E-state index in [-0.39, 0.29) is 11.8 Å². The minimum Gasteiger partial charge on any atom is -0.486 e. The van der Waals surface area contributed by atoms with Crippen LogP contribution in [0.4, 0.5) is 0 Å². The van der Waals surface area contributed by atoms with Crippen LogP contribution in [0.15, 0.2) is 18.2 Å². The van der Waals surface area contributed by atoms with Crippen LogP contribution in [-0.4, -0.2) is 43.2 Å². The third-order valence-electron chi connectivity index (χ3n) is 4.79. The summed E-state index contributed by atoms with van der Waals surface area (Å²) in [6.07, 6.45) is 3.35. The number of nitrogens with zero attached hydrogens (tertiary/aromatic N) is 1. The summed E-state index contributed by atoms with van der Waals surface area (Å²) in [6, 6.07) is 6.47. The minimum atomic E-state index is 0.259. The first-order valence-corrected chi connectivity index (χ1v) is 8.19. The Balaban J connectivity index is 1.26. The van der Waals surface area contributed by atoms with Crippen molar-refractivity contribution in [1.82, 2.24) is 10.2 Å². The van der Waals surface area contributed by atoms with Gasteiger partial charge in [-0.1, -0.05) is 12.5 Å². The zero-order valence-electron chi connectivity index (χ0n) is 12.7. The Bertz CT molecular complexity index is 565. The highest BCUT2D eigenvalue weighted by Gasteiger charge is 2.32. The van der Waals surface area contributed by atoms with Crippen LogP contribution < -0.4 is 14.8 Å². The summed E-state index contributed by atoms with van der Waals surface area (Å²) in [6.45, 7) is 4.02. The number of rotatable bonds is 4. The summed E-state index contributed by atoms with van der Waals surface area (Å²) in [5.41, 5.74) is 1.23. The van der Waals surface area contributed by atoms with Gasteiger partial charge in [-0.15, -0.1) is 0 Å². The lowest BCUT2D eigenvalue weighted by molar-refractivity contribution is -0.129. The van der Waals surface area contributed by atoms with Crippen molar-refractivity contribution in [2.45, 2.75) is 31.8 Å². The van der Waals surface area contributed by atoms with E-state index >= 15 is 0 Å². The molecule has 3 aliphatic rings. The number of hydrogen-bond acceptors (Lipinski definition) is 4. The average Bonchev–Trinajstić information content (AvgIpc) is 2.43. The van der Waals surface area contributed by atoms with Crippen molar-refractivity contribution >= 4 is 5.91 Å². The van der Waals surface area contributed by atoms with E-state index in [9.17, 15) is 4.79 Å². The first kappa shape index (κ1) is 13.9. The van der Waals surface area contributed by atoms with Crippen molar-refractivity contribution in [3.8, 4) is 11.5 Å². The van der Waals surface area contributed by atoms with Gasteiger partial charge in [-0.3, -0.25) is 9.69 Å². The van der Waals surface area contributed by atoms with Gasteiger partial charge in [0.05, 0.1) is 6.04 Å². The van der Waals surface area contributed by atoms with Gasteiger partial charge in [0, 0.05) is 25.6 Å². The summed E-state index contributed by atoms with van der Waals surface area (Å²) in [5, 5.41) is 3.16. The molecule has 0 unspecified atom stereocenters. The molecular weight excluding hydrogens is 280 g/mol. The Morgan fingerprint density at radius 2 is 1.95 bits per heavy atom. The van der Waals surface area contributed by atoms with E-state index in [1.165, 1.54) is 12.0 Å². The number of fused-ring (bicyclic) bond motifs is 1. The van der Waals surface area contributed by atoms with Crippen molar-refractivity contribution in [2.24, 2.45) is 5.92 Å². The quantitative estimate of drug-likeness (QED) is 0.917. The molecule has 4 rings (SSSR count). The monoisotopic (exact) mass is 302 g/mol. The molecule has 0 spiro atoms. The first-order chi connectivity index (χ1) is 10.8. The van der Waals surface area contributed by atoms with Gasteiger partial charge in [-0.2, -0.15) is 0 Å². The van der Waals surface area contributed by atoms with E-state index in [1.54, 1.807) is 0 Å². The maximum Gasteiger partial charge on any atom is 0.223 e. The highest BCUT2D eigenvalue weighted by Crippen LogP contribution is 2.31. The fourth-order valence-corrected chi connectivity index (χ4v) is 3.22. The van der Waals surface area contributed by atoms with Crippen LogP contribution in [0.5, 0.6) is 11.5 Å². The van der Waals surface area contributed by atoms with E-state index in [1.807, 2.05) is 6.07 Å². The van der Waals surface area contributed by atoms with Crippen LogP contribution in [0.25, 0.3) is 0 Å². The summed E-state index contributed by atoms with van der Waals surface area (Å²) < 4.78 is 11.2. The van der Waals surface area contributed by atoms with Gasteiger partial charge in [0.25, 0.3) is 0 Å².